The van der Waals surface area contributed by atoms with Crippen molar-refractivity contribution in [1.82, 2.24) is 4.57 Å². The smallest absolute Gasteiger partial charge is 0.316 e. The van der Waals surface area contributed by atoms with Gasteiger partial charge in [0.25, 0.3) is 0 Å². The summed E-state index contributed by atoms with van der Waals surface area (Å²) >= 11 is 0. The van der Waals surface area contributed by atoms with Gasteiger partial charge < -0.3 is 14.8 Å². The molecule has 2 amide bonds. The summed E-state index contributed by atoms with van der Waals surface area (Å²) < 4.78 is 1.34. The lowest BCUT2D eigenvalue weighted by molar-refractivity contribution is -0.134. The van der Waals surface area contributed by atoms with Gasteiger partial charge in [0.15, 0.2) is 0 Å². The topological polar surface area (TPSA) is 71.4 Å². The molecule has 3 rings (SSSR count). The Morgan fingerprint density at radius 3 is 2.68 bits per heavy atom. The highest BCUT2D eigenvalue weighted by Gasteiger charge is 2.28. The summed E-state index contributed by atoms with van der Waals surface area (Å²) in [5.74, 6) is -1.31. The molecule has 6 nitrogen and oxygen atoms in total. The lowest BCUT2D eigenvalue weighted by atomic mass is 10.2. The van der Waals surface area contributed by atoms with Crippen LogP contribution in [-0.4, -0.2) is 22.9 Å². The second kappa shape index (κ2) is 5.48. The number of amides is 2. The van der Waals surface area contributed by atoms with Crippen LogP contribution < -0.4 is 15.8 Å². The summed E-state index contributed by atoms with van der Waals surface area (Å²) in [6.45, 7) is 0.499. The van der Waals surface area contributed by atoms with E-state index in [1.54, 1.807) is 7.05 Å². The summed E-state index contributed by atoms with van der Waals surface area (Å²) in [5.41, 5.74) is 2.07. The van der Waals surface area contributed by atoms with Gasteiger partial charge in [0.1, 0.15) is 0 Å². The fourth-order valence-corrected chi connectivity index (χ4v) is 2.52. The Hall–Kier alpha value is -2.89. The molecular weight excluding hydrogens is 282 g/mol. The second-order valence-corrected chi connectivity index (χ2v) is 5.16. The van der Waals surface area contributed by atoms with E-state index in [2.05, 4.69) is 5.32 Å². The van der Waals surface area contributed by atoms with Crippen LogP contribution >= 0.6 is 0 Å². The number of anilines is 2. The van der Waals surface area contributed by atoms with E-state index < -0.39 is 11.8 Å². The van der Waals surface area contributed by atoms with E-state index in [0.717, 1.165) is 17.7 Å². The van der Waals surface area contributed by atoms with Crippen LogP contribution in [0.5, 0.6) is 0 Å². The summed E-state index contributed by atoms with van der Waals surface area (Å²) in [6, 6.07) is 10.4. The minimum absolute atomic E-state index is 0.183. The van der Waals surface area contributed by atoms with Crippen molar-refractivity contribution < 1.29 is 9.59 Å². The van der Waals surface area contributed by atoms with Crippen molar-refractivity contribution in [3.63, 3.8) is 0 Å². The molecule has 1 aromatic carbocycles. The number of aromatic nitrogens is 1. The van der Waals surface area contributed by atoms with E-state index in [9.17, 15) is 14.4 Å². The number of benzene rings is 1. The first-order valence-electron chi connectivity index (χ1n) is 6.94. The molecule has 0 saturated carbocycles. The maximum absolute atomic E-state index is 12.3. The Balaban J connectivity index is 1.77. The summed E-state index contributed by atoms with van der Waals surface area (Å²) in [7, 11) is 1.58. The first-order valence-corrected chi connectivity index (χ1v) is 6.94. The van der Waals surface area contributed by atoms with Gasteiger partial charge in [-0.15, -0.1) is 0 Å². The van der Waals surface area contributed by atoms with Gasteiger partial charge in [-0.05, 0) is 24.1 Å². The number of para-hydroxylation sites is 1. The van der Waals surface area contributed by atoms with E-state index >= 15 is 0 Å². The second-order valence-electron chi connectivity index (χ2n) is 5.16. The van der Waals surface area contributed by atoms with Crippen LogP contribution in [0.15, 0.2) is 47.4 Å². The summed E-state index contributed by atoms with van der Waals surface area (Å²) in [5, 5.41) is 2.53. The average Bonchev–Trinajstić information content (AvgIpc) is 2.94. The first-order chi connectivity index (χ1) is 10.6. The van der Waals surface area contributed by atoms with Gasteiger partial charge in [-0.1, -0.05) is 18.2 Å². The van der Waals surface area contributed by atoms with Crippen molar-refractivity contribution in [2.75, 3.05) is 16.8 Å². The molecule has 0 fully saturated rings. The van der Waals surface area contributed by atoms with Crippen molar-refractivity contribution in [3.8, 4) is 0 Å². The minimum atomic E-state index is -0.713. The number of nitrogens with zero attached hydrogens (tertiary/aromatic N) is 2. The highest BCUT2D eigenvalue weighted by atomic mass is 16.2. The number of nitrogens with one attached hydrogen (secondary N) is 1. The normalized spacial score (nSPS) is 12.9. The molecule has 0 spiro atoms. The third-order valence-electron chi connectivity index (χ3n) is 3.67. The zero-order valence-corrected chi connectivity index (χ0v) is 12.1. The number of carbonyl (C=O) groups is 2. The van der Waals surface area contributed by atoms with E-state index in [1.807, 2.05) is 24.3 Å². The number of aryl methyl sites for hydroxylation is 1. The zero-order chi connectivity index (χ0) is 15.7. The Bertz CT molecular complexity index is 810. The lowest BCUT2D eigenvalue weighted by Crippen LogP contribution is -2.38. The van der Waals surface area contributed by atoms with Gasteiger partial charge in [0.05, 0.1) is 5.69 Å². The molecule has 6 heteroatoms. The molecule has 112 valence electrons. The van der Waals surface area contributed by atoms with Gasteiger partial charge in [0.2, 0.25) is 5.56 Å². The van der Waals surface area contributed by atoms with Gasteiger partial charge >= 0.3 is 11.8 Å². The molecule has 0 bridgehead atoms. The fourth-order valence-electron chi connectivity index (χ4n) is 2.52. The molecule has 0 unspecified atom stereocenters. The van der Waals surface area contributed by atoms with Crippen LogP contribution in [0.25, 0.3) is 0 Å². The molecule has 22 heavy (non-hydrogen) atoms. The van der Waals surface area contributed by atoms with Crippen molar-refractivity contribution in [3.05, 3.63) is 58.5 Å². The third-order valence-corrected chi connectivity index (χ3v) is 3.67. The highest BCUT2D eigenvalue weighted by Crippen LogP contribution is 2.27. The zero-order valence-electron chi connectivity index (χ0n) is 12.1. The van der Waals surface area contributed by atoms with Crippen LogP contribution in [0.3, 0.4) is 0 Å². The predicted octanol–water partition coefficient (Wildman–Crippen LogP) is 0.913. The Morgan fingerprint density at radius 1 is 1.14 bits per heavy atom. The largest absolute Gasteiger partial charge is 0.317 e. The lowest BCUT2D eigenvalue weighted by Gasteiger charge is -2.16. The number of hydrogen-bond acceptors (Lipinski definition) is 3. The molecular formula is C16H15N3O3. The molecule has 1 aromatic heterocycles. The molecule has 1 N–H and O–H groups in total. The van der Waals surface area contributed by atoms with Crippen LogP contribution in [-0.2, 0) is 23.1 Å². The van der Waals surface area contributed by atoms with Crippen LogP contribution in [0.4, 0.5) is 11.4 Å². The molecule has 1 aliphatic heterocycles. The monoisotopic (exact) mass is 297 g/mol. The van der Waals surface area contributed by atoms with Gasteiger partial charge in [0, 0.05) is 31.5 Å². The summed E-state index contributed by atoms with van der Waals surface area (Å²) in [6.07, 6.45) is 2.22. The van der Waals surface area contributed by atoms with Gasteiger partial charge in [-0.2, -0.15) is 0 Å². The molecule has 0 saturated heterocycles. The number of rotatable bonds is 1. The standard InChI is InChI=1S/C16H15N3O3/c1-18-10-12(6-7-14(18)20)17-15(21)16(22)19-9-8-11-4-2-3-5-13(11)19/h2-7,10H,8-9H2,1H3,(H,17,21). The van der Waals surface area contributed by atoms with Crippen LogP contribution in [0, 0.1) is 0 Å². The van der Waals surface area contributed by atoms with Crippen molar-refractivity contribution >= 4 is 23.2 Å². The van der Waals surface area contributed by atoms with Crippen molar-refractivity contribution in [2.45, 2.75) is 6.42 Å². The molecule has 2 aromatic rings. The highest BCUT2D eigenvalue weighted by molar-refractivity contribution is 6.44. The van der Waals surface area contributed by atoms with Crippen molar-refractivity contribution in [1.29, 1.82) is 0 Å². The van der Waals surface area contributed by atoms with Crippen LogP contribution in [0.1, 0.15) is 5.56 Å². The van der Waals surface area contributed by atoms with Crippen LogP contribution in [0.2, 0.25) is 0 Å². The van der Waals surface area contributed by atoms with Gasteiger partial charge in [-0.3, -0.25) is 14.4 Å². The first kappa shape index (κ1) is 14.1. The SMILES string of the molecule is Cn1cc(NC(=O)C(=O)N2CCc3ccccc32)ccc1=O. The quantitative estimate of drug-likeness (QED) is 0.795. The number of carbonyl (C=O) groups excluding carboxylic acids is 2. The Kier molecular flexibility index (Phi) is 3.50. The number of hydrogen-bond donors (Lipinski definition) is 1. The predicted molar refractivity (Wildman–Crippen MR) is 82.8 cm³/mol. The van der Waals surface area contributed by atoms with E-state index in [4.69, 9.17) is 0 Å². The summed E-state index contributed by atoms with van der Waals surface area (Å²) in [4.78, 5) is 37.2. The third kappa shape index (κ3) is 2.50. The molecule has 0 aliphatic carbocycles. The molecule has 1 aliphatic rings. The average molecular weight is 297 g/mol. The van der Waals surface area contributed by atoms with Gasteiger partial charge in [-0.25, -0.2) is 0 Å². The minimum Gasteiger partial charge on any atom is -0.317 e. The Morgan fingerprint density at radius 2 is 1.91 bits per heavy atom. The van der Waals surface area contributed by atoms with Crippen molar-refractivity contribution in [2.24, 2.45) is 7.05 Å². The van der Waals surface area contributed by atoms with E-state index in [1.165, 1.54) is 27.8 Å². The molecule has 0 atom stereocenters. The number of pyridine rings is 1. The molecule has 2 heterocycles. The maximum Gasteiger partial charge on any atom is 0.316 e. The maximum atomic E-state index is 12.3. The van der Waals surface area contributed by atoms with E-state index in [-0.39, 0.29) is 5.56 Å². The fraction of sp³-hybridized carbons (Fsp3) is 0.188. The number of fused-ring (bicyclic) bond motifs is 1. The van der Waals surface area contributed by atoms with E-state index in [0.29, 0.717) is 12.2 Å². The molecule has 0 radical (unpaired) electrons. The Labute approximate surface area is 127 Å².